The maximum atomic E-state index is 6.43. The fourth-order valence-corrected chi connectivity index (χ4v) is 4.20. The normalized spacial score (nSPS) is 20.7. The van der Waals surface area contributed by atoms with Crippen LogP contribution >= 0.6 is 15.9 Å². The van der Waals surface area contributed by atoms with Gasteiger partial charge in [0.2, 0.25) is 5.79 Å². The highest BCUT2D eigenvalue weighted by Gasteiger charge is 2.46. The molecule has 1 heterocycles. The minimum absolute atomic E-state index is 0.351. The summed E-state index contributed by atoms with van der Waals surface area (Å²) in [4.78, 5) is 0. The molecular weight excluding hydrogens is 463 g/mol. The molecule has 0 aromatic heterocycles. The van der Waals surface area contributed by atoms with E-state index >= 15 is 0 Å². The molecule has 0 bridgehead atoms. The molecule has 2 aliphatic rings. The van der Waals surface area contributed by atoms with Gasteiger partial charge < -0.3 is 28.4 Å². The number of hydrogen-bond acceptors (Lipinski definition) is 6. The Kier molecular flexibility index (Phi) is 8.17. The lowest BCUT2D eigenvalue weighted by Crippen LogP contribution is -2.36. The quantitative estimate of drug-likeness (QED) is 0.531. The van der Waals surface area contributed by atoms with Gasteiger partial charge in [0.05, 0.1) is 66.1 Å². The van der Waals surface area contributed by atoms with E-state index < -0.39 is 5.79 Å². The lowest BCUT2D eigenvalue weighted by Gasteiger charge is -2.32. The molecule has 0 saturated carbocycles. The van der Waals surface area contributed by atoms with Gasteiger partial charge in [-0.3, -0.25) is 0 Å². The van der Waals surface area contributed by atoms with Crippen molar-refractivity contribution in [3.05, 3.63) is 52.0 Å². The summed E-state index contributed by atoms with van der Waals surface area (Å²) in [6.45, 7) is 4.62. The zero-order valence-corrected chi connectivity index (χ0v) is 19.0. The van der Waals surface area contributed by atoms with Crippen molar-refractivity contribution in [1.29, 1.82) is 0 Å². The first-order valence-electron chi connectivity index (χ1n) is 10.5. The maximum Gasteiger partial charge on any atom is 0.223 e. The second kappa shape index (κ2) is 11.1. The molecule has 2 aromatic carbocycles. The molecule has 1 fully saturated rings. The van der Waals surface area contributed by atoms with Crippen LogP contribution in [-0.4, -0.2) is 73.9 Å². The Bertz CT molecular complexity index is 806. The minimum Gasteiger partial charge on any atom is -0.377 e. The summed E-state index contributed by atoms with van der Waals surface area (Å²) in [5.74, 6) is -1.09. The van der Waals surface area contributed by atoms with Crippen LogP contribution in [0.3, 0.4) is 0 Å². The third-order valence-corrected chi connectivity index (χ3v) is 5.70. The Morgan fingerprint density at radius 2 is 1.06 bits per heavy atom. The molecule has 4 rings (SSSR count). The number of halogens is 1. The van der Waals surface area contributed by atoms with Gasteiger partial charge >= 0.3 is 0 Å². The number of fused-ring (bicyclic) bond motifs is 5. The van der Waals surface area contributed by atoms with E-state index in [0.29, 0.717) is 71.5 Å². The smallest absolute Gasteiger partial charge is 0.223 e. The molecule has 1 aliphatic carbocycles. The standard InChI is InChI=1S/C23H26BBrO6/c24-17-1-3-19-20-4-2-18(25)16-22(20)23(21(19)15-17)30-13-11-28-9-7-26-5-6-27-8-10-29-12-14-31-23/h1-4,15-16H,5-14H2. The highest BCUT2D eigenvalue weighted by molar-refractivity contribution is 9.10. The molecule has 1 spiro atoms. The number of rotatable bonds is 0. The fourth-order valence-electron chi connectivity index (χ4n) is 3.84. The molecule has 2 radical (unpaired) electrons. The Balaban J connectivity index is 1.61. The number of benzene rings is 2. The zero-order chi connectivity index (χ0) is 21.5. The first-order chi connectivity index (χ1) is 15.2. The molecule has 8 heteroatoms. The molecule has 0 unspecified atom stereocenters. The average Bonchev–Trinajstić information content (AvgIpc) is 3.02. The molecule has 164 valence electrons. The largest absolute Gasteiger partial charge is 0.377 e. The molecule has 1 aliphatic heterocycles. The van der Waals surface area contributed by atoms with Crippen LogP contribution in [0.2, 0.25) is 0 Å². The first kappa shape index (κ1) is 22.9. The summed E-state index contributed by atoms with van der Waals surface area (Å²) < 4.78 is 36.2. The van der Waals surface area contributed by atoms with E-state index in [-0.39, 0.29) is 0 Å². The van der Waals surface area contributed by atoms with Gasteiger partial charge in [-0.15, -0.1) is 0 Å². The molecule has 0 amide bonds. The van der Waals surface area contributed by atoms with E-state index in [1.54, 1.807) is 0 Å². The van der Waals surface area contributed by atoms with E-state index in [4.69, 9.17) is 36.3 Å². The van der Waals surface area contributed by atoms with Crippen LogP contribution in [0.25, 0.3) is 11.1 Å². The average molecular weight is 489 g/mol. The van der Waals surface area contributed by atoms with Gasteiger partial charge in [-0.2, -0.15) is 0 Å². The van der Waals surface area contributed by atoms with E-state index in [2.05, 4.69) is 22.0 Å². The van der Waals surface area contributed by atoms with Crippen LogP contribution in [0.15, 0.2) is 40.9 Å². The second-order valence-corrected chi connectivity index (χ2v) is 8.17. The maximum absolute atomic E-state index is 6.43. The third kappa shape index (κ3) is 5.39. The summed E-state index contributed by atoms with van der Waals surface area (Å²) in [5, 5.41) is 0. The number of ether oxygens (including phenoxy) is 6. The Morgan fingerprint density at radius 3 is 1.61 bits per heavy atom. The SMILES string of the molecule is [B]c1ccc2c(c1)C1(OCCOCCOCCOCCOCCO1)c1cc(Br)ccc1-2. The topological polar surface area (TPSA) is 55.4 Å². The third-order valence-electron chi connectivity index (χ3n) is 5.21. The van der Waals surface area contributed by atoms with Crippen LogP contribution in [-0.2, 0) is 34.2 Å². The van der Waals surface area contributed by atoms with Crippen molar-refractivity contribution in [2.75, 3.05) is 66.1 Å². The Hall–Kier alpha value is -1.26. The van der Waals surface area contributed by atoms with Crippen LogP contribution in [0.4, 0.5) is 0 Å². The Morgan fingerprint density at radius 1 is 0.613 bits per heavy atom. The number of hydrogen-bond donors (Lipinski definition) is 0. The zero-order valence-electron chi connectivity index (χ0n) is 17.4. The fraction of sp³-hybridized carbons (Fsp3) is 0.478. The van der Waals surface area contributed by atoms with Gasteiger partial charge in [-0.05, 0) is 23.3 Å². The van der Waals surface area contributed by atoms with Crippen LogP contribution in [0.1, 0.15) is 11.1 Å². The van der Waals surface area contributed by atoms with Crippen molar-refractivity contribution in [2.24, 2.45) is 0 Å². The van der Waals surface area contributed by atoms with Gasteiger partial charge in [-0.1, -0.05) is 45.7 Å². The van der Waals surface area contributed by atoms with Crippen LogP contribution < -0.4 is 5.46 Å². The molecule has 1 saturated heterocycles. The molecule has 31 heavy (non-hydrogen) atoms. The van der Waals surface area contributed by atoms with E-state index in [1.807, 2.05) is 30.3 Å². The lowest BCUT2D eigenvalue weighted by molar-refractivity contribution is -0.225. The first-order valence-corrected chi connectivity index (χ1v) is 11.3. The predicted molar refractivity (Wildman–Crippen MR) is 121 cm³/mol. The minimum atomic E-state index is -1.09. The molecule has 2 aromatic rings. The monoisotopic (exact) mass is 488 g/mol. The van der Waals surface area contributed by atoms with Gasteiger partial charge in [0, 0.05) is 15.6 Å². The van der Waals surface area contributed by atoms with E-state index in [9.17, 15) is 0 Å². The van der Waals surface area contributed by atoms with Crippen molar-refractivity contribution in [3.63, 3.8) is 0 Å². The summed E-state index contributed by atoms with van der Waals surface area (Å²) >= 11 is 3.59. The summed E-state index contributed by atoms with van der Waals surface area (Å²) in [6, 6.07) is 12.0. The summed E-state index contributed by atoms with van der Waals surface area (Å²) in [6.07, 6.45) is 0. The van der Waals surface area contributed by atoms with Gasteiger partial charge in [-0.25, -0.2) is 0 Å². The summed E-state index contributed by atoms with van der Waals surface area (Å²) in [7, 11) is 6.14. The van der Waals surface area contributed by atoms with Crippen molar-refractivity contribution in [3.8, 4) is 11.1 Å². The van der Waals surface area contributed by atoms with Gasteiger partial charge in [0.25, 0.3) is 0 Å². The van der Waals surface area contributed by atoms with Crippen LogP contribution in [0.5, 0.6) is 0 Å². The van der Waals surface area contributed by atoms with Crippen molar-refractivity contribution >= 4 is 29.2 Å². The molecule has 0 atom stereocenters. The molecule has 0 N–H and O–H groups in total. The predicted octanol–water partition coefficient (Wildman–Crippen LogP) is 2.54. The molecule has 6 nitrogen and oxygen atoms in total. The van der Waals surface area contributed by atoms with Gasteiger partial charge in [0.15, 0.2) is 0 Å². The Labute approximate surface area is 192 Å². The highest BCUT2D eigenvalue weighted by atomic mass is 79.9. The molecular formula is C23H26BBrO6. The highest BCUT2D eigenvalue weighted by Crippen LogP contribution is 2.50. The second-order valence-electron chi connectivity index (χ2n) is 7.26. The lowest BCUT2D eigenvalue weighted by atomic mass is 9.91. The van der Waals surface area contributed by atoms with Crippen molar-refractivity contribution in [1.82, 2.24) is 0 Å². The van der Waals surface area contributed by atoms with Crippen molar-refractivity contribution < 1.29 is 28.4 Å². The van der Waals surface area contributed by atoms with Crippen molar-refractivity contribution in [2.45, 2.75) is 5.79 Å². The van der Waals surface area contributed by atoms with E-state index in [1.165, 1.54) is 0 Å². The van der Waals surface area contributed by atoms with E-state index in [0.717, 1.165) is 26.7 Å². The summed E-state index contributed by atoms with van der Waals surface area (Å²) in [5.41, 5.74) is 4.60. The van der Waals surface area contributed by atoms with Gasteiger partial charge in [0.1, 0.15) is 7.85 Å². The van der Waals surface area contributed by atoms with Crippen LogP contribution in [0, 0.1) is 0 Å².